The van der Waals surface area contributed by atoms with E-state index in [-0.39, 0.29) is 17.9 Å². The quantitative estimate of drug-likeness (QED) is 0.461. The number of hydrogen-bond acceptors (Lipinski definition) is 7. The van der Waals surface area contributed by atoms with Crippen LogP contribution < -0.4 is 11.1 Å². The molecule has 11 heteroatoms. The van der Waals surface area contributed by atoms with Gasteiger partial charge in [0, 0.05) is 16.6 Å². The molecule has 180 valence electrons. The minimum absolute atomic E-state index is 0.153. The highest BCUT2D eigenvalue weighted by atomic mass is 79.9. The molecule has 0 amide bonds. The van der Waals surface area contributed by atoms with E-state index in [0.29, 0.717) is 10.9 Å². The van der Waals surface area contributed by atoms with Gasteiger partial charge in [0.25, 0.3) is 12.9 Å². The Hall–Kier alpha value is -1.98. The van der Waals surface area contributed by atoms with E-state index in [0.717, 1.165) is 6.07 Å². The van der Waals surface area contributed by atoms with E-state index in [2.05, 4.69) is 31.0 Å². The van der Waals surface area contributed by atoms with Gasteiger partial charge in [0.2, 0.25) is 0 Å². The highest BCUT2D eigenvalue weighted by molar-refractivity contribution is 9.10. The molecule has 0 aliphatic carbocycles. The average Bonchev–Trinajstić information content (AvgIpc) is 2.62. The molecule has 0 radical (unpaired) electrons. The van der Waals surface area contributed by atoms with Crippen LogP contribution in [0.25, 0.3) is 0 Å². The van der Waals surface area contributed by atoms with Gasteiger partial charge in [0.15, 0.2) is 5.54 Å². The number of ether oxygens (including phenoxy) is 2. The van der Waals surface area contributed by atoms with Crippen LogP contribution in [0.1, 0.15) is 47.1 Å². The zero-order valence-electron chi connectivity index (χ0n) is 18.8. The van der Waals surface area contributed by atoms with Gasteiger partial charge in [-0.2, -0.15) is 0 Å². The highest BCUT2D eigenvalue weighted by Gasteiger charge is 2.52. The third-order valence-corrected chi connectivity index (χ3v) is 4.51. The number of esters is 1. The fraction of sp³-hybridized carbons (Fsp3) is 0.571. The molecular formula is C21H29BrF3N3O4. The van der Waals surface area contributed by atoms with E-state index in [4.69, 9.17) is 10.5 Å². The molecule has 0 fully saturated rings. The summed E-state index contributed by atoms with van der Waals surface area (Å²) < 4.78 is 52.5. The van der Waals surface area contributed by atoms with E-state index in [1.807, 2.05) is 20.8 Å². The van der Waals surface area contributed by atoms with Crippen LogP contribution in [0.15, 0.2) is 27.7 Å². The summed E-state index contributed by atoms with van der Waals surface area (Å²) in [6.45, 7) is 10.7. The van der Waals surface area contributed by atoms with E-state index >= 15 is 0 Å². The predicted octanol–water partition coefficient (Wildman–Crippen LogP) is 3.68. The first-order chi connectivity index (χ1) is 14.5. The lowest BCUT2D eigenvalue weighted by atomic mass is 9.85. The minimum Gasteiger partial charge on any atom is -0.462 e. The molecule has 0 saturated carbocycles. The van der Waals surface area contributed by atoms with Crippen LogP contribution in [0.3, 0.4) is 0 Å². The third kappa shape index (κ3) is 7.56. The largest absolute Gasteiger partial charge is 0.462 e. The number of benzene rings is 1. The number of halogens is 4. The predicted molar refractivity (Wildman–Crippen MR) is 118 cm³/mol. The van der Waals surface area contributed by atoms with Crippen molar-refractivity contribution in [2.24, 2.45) is 10.7 Å². The zero-order valence-corrected chi connectivity index (χ0v) is 20.4. The summed E-state index contributed by atoms with van der Waals surface area (Å²) in [5.41, 5.74) is 1.56. The SMILES string of the molecule is CC(C)(C)OC(=O)C1=NC(c2cc(Br)ccc2F)(C(F)F)C(N)NC1.CC(C)(C)OC=O. The smallest absolute Gasteiger partial charge is 0.354 e. The molecule has 0 aromatic heterocycles. The van der Waals surface area contributed by atoms with Gasteiger partial charge in [-0.25, -0.2) is 18.0 Å². The van der Waals surface area contributed by atoms with E-state index in [1.54, 1.807) is 20.8 Å². The van der Waals surface area contributed by atoms with Crippen molar-refractivity contribution in [1.82, 2.24) is 5.32 Å². The molecule has 1 aromatic carbocycles. The second kappa shape index (κ2) is 10.8. The lowest BCUT2D eigenvalue weighted by Gasteiger charge is -2.39. The van der Waals surface area contributed by atoms with Crippen molar-refractivity contribution in [2.75, 3.05) is 6.54 Å². The van der Waals surface area contributed by atoms with Gasteiger partial charge < -0.3 is 15.2 Å². The van der Waals surface area contributed by atoms with E-state index in [1.165, 1.54) is 12.1 Å². The molecule has 1 aliphatic rings. The van der Waals surface area contributed by atoms with Gasteiger partial charge in [0.05, 0.1) is 6.17 Å². The lowest BCUT2D eigenvalue weighted by molar-refractivity contribution is -0.146. The third-order valence-electron chi connectivity index (χ3n) is 4.01. The summed E-state index contributed by atoms with van der Waals surface area (Å²) in [7, 11) is 0. The van der Waals surface area contributed by atoms with Gasteiger partial charge in [-0.3, -0.25) is 15.1 Å². The first-order valence-electron chi connectivity index (χ1n) is 9.69. The van der Waals surface area contributed by atoms with Crippen LogP contribution in [0.5, 0.6) is 0 Å². The van der Waals surface area contributed by atoms with E-state index in [9.17, 15) is 22.8 Å². The number of rotatable bonds is 4. The Bertz CT molecular complexity index is 854. The number of aliphatic imine (C=N–C) groups is 1. The van der Waals surface area contributed by atoms with Crippen LogP contribution >= 0.6 is 15.9 Å². The van der Waals surface area contributed by atoms with Crippen LogP contribution in [0, 0.1) is 5.82 Å². The van der Waals surface area contributed by atoms with Crippen molar-refractivity contribution < 1.29 is 32.2 Å². The Labute approximate surface area is 194 Å². The molecule has 0 saturated heterocycles. The average molecular weight is 524 g/mol. The molecule has 32 heavy (non-hydrogen) atoms. The standard InChI is InChI=1S/C16H19BrF3N3O2.C5H10O2/c1-15(2,3)25-12(24)11-7-22-14(21)16(23-11,13(19)20)9-6-8(17)4-5-10(9)18;1-5(2,3)7-4-6/h4-6,13-14,22H,7,21H2,1-3H3;4H,1-3H3. The van der Waals surface area contributed by atoms with Gasteiger partial charge in [-0.15, -0.1) is 0 Å². The molecule has 1 aromatic rings. The number of nitrogens with zero attached hydrogens (tertiary/aromatic N) is 1. The van der Waals surface area contributed by atoms with Crippen LogP contribution in [-0.4, -0.2) is 48.5 Å². The van der Waals surface area contributed by atoms with Crippen molar-refractivity contribution in [3.8, 4) is 0 Å². The summed E-state index contributed by atoms with van der Waals surface area (Å²) in [5.74, 6) is -1.75. The maximum Gasteiger partial charge on any atom is 0.354 e. The number of alkyl halides is 2. The molecule has 0 spiro atoms. The Kier molecular flexibility index (Phi) is 9.43. The van der Waals surface area contributed by atoms with Crippen molar-refractivity contribution in [3.63, 3.8) is 0 Å². The molecule has 2 unspecified atom stereocenters. The Morgan fingerprint density at radius 1 is 1.28 bits per heavy atom. The number of carbonyl (C=O) groups excluding carboxylic acids is 2. The van der Waals surface area contributed by atoms with Crippen LogP contribution in [0.4, 0.5) is 13.2 Å². The molecule has 7 nitrogen and oxygen atoms in total. The first kappa shape index (κ1) is 28.1. The maximum absolute atomic E-state index is 14.3. The number of nitrogens with one attached hydrogen (secondary N) is 1. The van der Waals surface area contributed by atoms with Gasteiger partial charge in [-0.05, 0) is 59.7 Å². The Morgan fingerprint density at radius 3 is 2.31 bits per heavy atom. The second-order valence-electron chi connectivity index (χ2n) is 9.00. The molecule has 1 heterocycles. The van der Waals surface area contributed by atoms with Crippen LogP contribution in [-0.2, 0) is 24.6 Å². The maximum atomic E-state index is 14.3. The molecule has 3 N–H and O–H groups in total. The summed E-state index contributed by atoms with van der Waals surface area (Å²) in [6, 6.07) is 3.59. The summed E-state index contributed by atoms with van der Waals surface area (Å²) in [6.07, 6.45) is -4.54. The van der Waals surface area contributed by atoms with Crippen molar-refractivity contribution in [3.05, 3.63) is 34.1 Å². The van der Waals surface area contributed by atoms with Gasteiger partial charge in [-0.1, -0.05) is 15.9 Å². The summed E-state index contributed by atoms with van der Waals surface area (Å²) >= 11 is 3.13. The summed E-state index contributed by atoms with van der Waals surface area (Å²) in [4.78, 5) is 25.7. The minimum atomic E-state index is -3.16. The summed E-state index contributed by atoms with van der Waals surface area (Å²) in [5, 5.41) is 2.60. The fourth-order valence-corrected chi connectivity index (χ4v) is 2.99. The molecule has 1 aliphatic heterocycles. The number of carbonyl (C=O) groups is 2. The van der Waals surface area contributed by atoms with Crippen molar-refractivity contribution in [1.29, 1.82) is 0 Å². The van der Waals surface area contributed by atoms with Gasteiger partial charge >= 0.3 is 5.97 Å². The van der Waals surface area contributed by atoms with Crippen molar-refractivity contribution >= 4 is 34.1 Å². The molecule has 2 atom stereocenters. The zero-order chi connectivity index (χ0) is 24.9. The van der Waals surface area contributed by atoms with Gasteiger partial charge in [0.1, 0.15) is 22.7 Å². The van der Waals surface area contributed by atoms with Crippen molar-refractivity contribution in [2.45, 2.75) is 70.9 Å². The molecular weight excluding hydrogens is 495 g/mol. The second-order valence-corrected chi connectivity index (χ2v) is 9.91. The topological polar surface area (TPSA) is 103 Å². The Balaban J connectivity index is 0.000000633. The fourth-order valence-electron chi connectivity index (χ4n) is 2.63. The molecule has 2 rings (SSSR count). The Morgan fingerprint density at radius 2 is 1.88 bits per heavy atom. The number of hydrogen-bond donors (Lipinski definition) is 2. The molecule has 0 bridgehead atoms. The lowest BCUT2D eigenvalue weighted by Crippen LogP contribution is -2.62. The van der Waals surface area contributed by atoms with E-state index < -0.39 is 41.1 Å². The monoisotopic (exact) mass is 523 g/mol. The normalized spacial score (nSPS) is 21.2. The van der Waals surface area contributed by atoms with Crippen LogP contribution in [0.2, 0.25) is 0 Å². The first-order valence-corrected chi connectivity index (χ1v) is 10.5. The number of nitrogens with two attached hydrogens (primary N) is 1. The highest BCUT2D eigenvalue weighted by Crippen LogP contribution is 2.39.